The van der Waals surface area contributed by atoms with Crippen LogP contribution in [0.15, 0.2) is 45.4 Å². The second kappa shape index (κ2) is 6.80. The van der Waals surface area contributed by atoms with Crippen LogP contribution < -0.4 is 5.32 Å². The van der Waals surface area contributed by atoms with Crippen LogP contribution in [-0.2, 0) is 9.53 Å². The zero-order valence-corrected chi connectivity index (χ0v) is 13.7. The van der Waals surface area contributed by atoms with Gasteiger partial charge in [-0.2, -0.15) is 0 Å². The molecule has 0 fully saturated rings. The molecule has 1 aromatic carbocycles. The third-order valence-electron chi connectivity index (χ3n) is 3.78. The fraction of sp³-hybridized carbons (Fsp3) is 0.222. The highest BCUT2D eigenvalue weighted by atomic mass is 19.1. The van der Waals surface area contributed by atoms with Crippen LogP contribution in [0.5, 0.6) is 0 Å². The number of halogens is 1. The molecule has 0 spiro atoms. The van der Waals surface area contributed by atoms with E-state index in [1.807, 2.05) is 0 Å². The van der Waals surface area contributed by atoms with E-state index in [1.165, 1.54) is 18.4 Å². The summed E-state index contributed by atoms with van der Waals surface area (Å²) in [5, 5.41) is 3.13. The monoisotopic (exact) mass is 345 g/mol. The zero-order chi connectivity index (χ0) is 18.0. The lowest BCUT2D eigenvalue weighted by molar-refractivity contribution is -0.125. The zero-order valence-electron chi connectivity index (χ0n) is 13.7. The largest absolute Gasteiger partial charge is 0.467 e. The number of furan rings is 2. The Labute approximate surface area is 142 Å². The van der Waals surface area contributed by atoms with Gasteiger partial charge < -0.3 is 18.9 Å². The quantitative estimate of drug-likeness (QED) is 0.716. The first-order valence-corrected chi connectivity index (χ1v) is 7.65. The summed E-state index contributed by atoms with van der Waals surface area (Å²) in [5.41, 5.74) is 0.451. The maximum absolute atomic E-state index is 13.7. The third-order valence-corrected chi connectivity index (χ3v) is 3.78. The number of para-hydroxylation sites is 1. The first-order valence-electron chi connectivity index (χ1n) is 7.65. The number of carbonyl (C=O) groups excluding carboxylic acids is 2. The lowest BCUT2D eigenvalue weighted by Crippen LogP contribution is -2.31. The second-order valence-corrected chi connectivity index (χ2v) is 5.55. The summed E-state index contributed by atoms with van der Waals surface area (Å²) in [7, 11) is 0. The van der Waals surface area contributed by atoms with Crippen LogP contribution in [0.2, 0.25) is 0 Å². The highest BCUT2D eigenvalue weighted by Crippen LogP contribution is 2.27. The number of esters is 1. The van der Waals surface area contributed by atoms with Crippen molar-refractivity contribution in [2.45, 2.75) is 19.9 Å². The summed E-state index contributed by atoms with van der Waals surface area (Å²) in [6, 6.07) is 7.49. The van der Waals surface area contributed by atoms with Crippen LogP contribution in [-0.4, -0.2) is 18.5 Å². The number of carbonyl (C=O) groups is 2. The molecule has 0 aliphatic carbocycles. The number of hydrogen-bond acceptors (Lipinski definition) is 5. The molecule has 25 heavy (non-hydrogen) atoms. The summed E-state index contributed by atoms with van der Waals surface area (Å²) in [6.07, 6.45) is 1.50. The van der Waals surface area contributed by atoms with Gasteiger partial charge >= 0.3 is 5.97 Å². The molecule has 130 valence electrons. The number of benzene rings is 1. The van der Waals surface area contributed by atoms with Gasteiger partial charge in [0.1, 0.15) is 5.76 Å². The van der Waals surface area contributed by atoms with E-state index in [4.69, 9.17) is 13.6 Å². The maximum Gasteiger partial charge on any atom is 0.375 e. The van der Waals surface area contributed by atoms with Crippen molar-refractivity contribution in [1.29, 1.82) is 0 Å². The van der Waals surface area contributed by atoms with Crippen molar-refractivity contribution < 1.29 is 27.6 Å². The van der Waals surface area contributed by atoms with Crippen LogP contribution in [0, 0.1) is 12.7 Å². The smallest absolute Gasteiger partial charge is 0.375 e. The lowest BCUT2D eigenvalue weighted by Gasteiger charge is -2.11. The number of hydrogen-bond donors (Lipinski definition) is 1. The molecule has 0 bridgehead atoms. The van der Waals surface area contributed by atoms with E-state index in [2.05, 4.69) is 5.32 Å². The van der Waals surface area contributed by atoms with Crippen LogP contribution in [0.1, 0.15) is 34.8 Å². The van der Waals surface area contributed by atoms with Gasteiger partial charge in [0.05, 0.1) is 12.3 Å². The average molecular weight is 345 g/mol. The maximum atomic E-state index is 13.7. The molecule has 2 heterocycles. The first-order chi connectivity index (χ1) is 12.0. The molecule has 6 nitrogen and oxygen atoms in total. The van der Waals surface area contributed by atoms with E-state index in [1.54, 1.807) is 32.0 Å². The van der Waals surface area contributed by atoms with Gasteiger partial charge in [0.25, 0.3) is 5.91 Å². The van der Waals surface area contributed by atoms with Crippen molar-refractivity contribution in [2.75, 3.05) is 6.61 Å². The molecule has 0 saturated carbocycles. The summed E-state index contributed by atoms with van der Waals surface area (Å²) >= 11 is 0. The van der Waals surface area contributed by atoms with Crippen LogP contribution in [0.4, 0.5) is 4.39 Å². The van der Waals surface area contributed by atoms with Gasteiger partial charge in [-0.15, -0.1) is 0 Å². The minimum Gasteiger partial charge on any atom is -0.467 e. The van der Waals surface area contributed by atoms with Crippen LogP contribution in [0.25, 0.3) is 11.0 Å². The van der Waals surface area contributed by atoms with Gasteiger partial charge in [0.2, 0.25) is 5.76 Å². The minimum atomic E-state index is -0.825. The standard InChI is InChI=1S/C18H16FNO5/c1-10-12-5-3-6-13(19)17(12)25-16(10)18(22)24-9-15(21)20-11(2)14-7-4-8-23-14/h3-8,11H,9H2,1-2H3,(H,20,21)/t11-/m1/s1. The highest BCUT2D eigenvalue weighted by molar-refractivity contribution is 5.96. The lowest BCUT2D eigenvalue weighted by atomic mass is 10.1. The highest BCUT2D eigenvalue weighted by Gasteiger charge is 2.22. The summed E-state index contributed by atoms with van der Waals surface area (Å²) in [5.74, 6) is -1.41. The molecule has 0 unspecified atom stereocenters. The van der Waals surface area contributed by atoms with Crippen molar-refractivity contribution in [3.8, 4) is 0 Å². The minimum absolute atomic E-state index is 0.0113. The molecular weight excluding hydrogens is 329 g/mol. The molecule has 1 N–H and O–H groups in total. The first kappa shape index (κ1) is 16.8. The predicted octanol–water partition coefficient (Wildman–Crippen LogP) is 3.51. The molecule has 1 amide bonds. The Hall–Kier alpha value is -3.09. The fourth-order valence-corrected chi connectivity index (χ4v) is 2.49. The molecule has 3 rings (SSSR count). The van der Waals surface area contributed by atoms with E-state index in [9.17, 15) is 14.0 Å². The SMILES string of the molecule is Cc1c(C(=O)OCC(=O)N[C@H](C)c2ccco2)oc2c(F)cccc12. The molecule has 2 aromatic heterocycles. The Kier molecular flexibility index (Phi) is 4.56. The molecule has 0 aliphatic heterocycles. The van der Waals surface area contributed by atoms with Gasteiger partial charge in [-0.05, 0) is 32.0 Å². The molecule has 3 aromatic rings. The molecule has 0 radical (unpaired) electrons. The normalized spacial score (nSPS) is 12.1. The van der Waals surface area contributed by atoms with E-state index in [0.29, 0.717) is 16.7 Å². The summed E-state index contributed by atoms with van der Waals surface area (Å²) in [4.78, 5) is 24.0. The Balaban J connectivity index is 1.64. The Morgan fingerprint density at radius 1 is 1.28 bits per heavy atom. The Bertz CT molecular complexity index is 913. The van der Waals surface area contributed by atoms with Crippen LogP contribution >= 0.6 is 0 Å². The van der Waals surface area contributed by atoms with Crippen molar-refractivity contribution in [3.63, 3.8) is 0 Å². The Morgan fingerprint density at radius 3 is 2.76 bits per heavy atom. The van der Waals surface area contributed by atoms with E-state index in [0.717, 1.165) is 0 Å². The van der Waals surface area contributed by atoms with Gasteiger partial charge in [-0.3, -0.25) is 4.79 Å². The number of aryl methyl sites for hydroxylation is 1. The van der Waals surface area contributed by atoms with Gasteiger partial charge in [-0.25, -0.2) is 9.18 Å². The average Bonchev–Trinajstić information content (AvgIpc) is 3.22. The van der Waals surface area contributed by atoms with Crippen molar-refractivity contribution in [3.05, 3.63) is 59.5 Å². The third kappa shape index (κ3) is 3.40. The van der Waals surface area contributed by atoms with Crippen molar-refractivity contribution in [1.82, 2.24) is 5.32 Å². The topological polar surface area (TPSA) is 81.7 Å². The van der Waals surface area contributed by atoms with Crippen LogP contribution in [0.3, 0.4) is 0 Å². The summed E-state index contributed by atoms with van der Waals surface area (Å²) < 4.78 is 29.1. The number of fused-ring (bicyclic) bond motifs is 1. The van der Waals surface area contributed by atoms with Gasteiger partial charge in [0, 0.05) is 10.9 Å². The van der Waals surface area contributed by atoms with Crippen molar-refractivity contribution >= 4 is 22.8 Å². The number of rotatable bonds is 5. The summed E-state index contributed by atoms with van der Waals surface area (Å²) in [6.45, 7) is 2.88. The van der Waals surface area contributed by atoms with E-state index >= 15 is 0 Å². The molecule has 1 atom stereocenters. The second-order valence-electron chi connectivity index (χ2n) is 5.55. The predicted molar refractivity (Wildman–Crippen MR) is 86.5 cm³/mol. The van der Waals surface area contributed by atoms with E-state index < -0.39 is 24.3 Å². The van der Waals surface area contributed by atoms with Gasteiger partial charge in [0.15, 0.2) is 18.0 Å². The Morgan fingerprint density at radius 2 is 2.08 bits per heavy atom. The number of nitrogens with one attached hydrogen (secondary N) is 1. The molecule has 7 heteroatoms. The fourth-order valence-electron chi connectivity index (χ4n) is 2.49. The van der Waals surface area contributed by atoms with E-state index in [-0.39, 0.29) is 17.4 Å². The molecule has 0 saturated heterocycles. The van der Waals surface area contributed by atoms with Crippen molar-refractivity contribution in [2.24, 2.45) is 0 Å². The molecule has 0 aliphatic rings. The number of amides is 1. The molecular formula is C18H16FNO5. The number of ether oxygens (including phenoxy) is 1. The van der Waals surface area contributed by atoms with Gasteiger partial charge in [-0.1, -0.05) is 12.1 Å².